The first-order valence-corrected chi connectivity index (χ1v) is 7.30. The molecule has 4 heteroatoms. The molecule has 19 heavy (non-hydrogen) atoms. The van der Waals surface area contributed by atoms with Crippen LogP contribution in [0.25, 0.3) is 0 Å². The maximum absolute atomic E-state index is 5.89. The van der Waals surface area contributed by atoms with E-state index in [2.05, 4.69) is 36.1 Å². The van der Waals surface area contributed by atoms with E-state index in [9.17, 15) is 0 Å². The van der Waals surface area contributed by atoms with Crippen molar-refractivity contribution in [1.82, 2.24) is 9.97 Å². The average Bonchev–Trinajstić information content (AvgIpc) is 2.39. The van der Waals surface area contributed by atoms with E-state index in [0.717, 1.165) is 42.5 Å². The van der Waals surface area contributed by atoms with Crippen LogP contribution < -0.4 is 10.1 Å². The molecule has 1 N–H and O–H groups in total. The van der Waals surface area contributed by atoms with Crippen LogP contribution in [0, 0.1) is 12.8 Å². The predicted molar refractivity (Wildman–Crippen MR) is 79.9 cm³/mol. The van der Waals surface area contributed by atoms with Crippen molar-refractivity contribution in [3.05, 3.63) is 11.4 Å². The van der Waals surface area contributed by atoms with Gasteiger partial charge in [0.15, 0.2) is 0 Å². The first-order valence-electron chi connectivity index (χ1n) is 7.30. The summed E-state index contributed by atoms with van der Waals surface area (Å²) in [6.07, 6.45) is 4.30. The Balaban J connectivity index is 2.82. The maximum atomic E-state index is 5.89. The number of anilines is 1. The molecule has 0 aliphatic rings. The van der Waals surface area contributed by atoms with Crippen molar-refractivity contribution in [2.45, 2.75) is 53.4 Å². The van der Waals surface area contributed by atoms with Crippen LogP contribution >= 0.6 is 0 Å². The summed E-state index contributed by atoms with van der Waals surface area (Å²) < 4.78 is 5.89. The van der Waals surface area contributed by atoms with E-state index in [1.807, 2.05) is 14.0 Å². The fraction of sp³-hybridized carbons (Fsp3) is 0.733. The van der Waals surface area contributed by atoms with Gasteiger partial charge in [0, 0.05) is 13.5 Å². The smallest absolute Gasteiger partial charge is 0.221 e. The molecule has 0 fully saturated rings. The summed E-state index contributed by atoms with van der Waals surface area (Å²) in [4.78, 5) is 9.03. The van der Waals surface area contributed by atoms with E-state index in [-0.39, 0.29) is 0 Å². The van der Waals surface area contributed by atoms with Crippen molar-refractivity contribution >= 4 is 5.82 Å². The summed E-state index contributed by atoms with van der Waals surface area (Å²) in [5, 5.41) is 3.12. The van der Waals surface area contributed by atoms with Crippen molar-refractivity contribution in [3.8, 4) is 5.88 Å². The van der Waals surface area contributed by atoms with Crippen molar-refractivity contribution in [2.24, 2.45) is 5.92 Å². The Morgan fingerprint density at radius 3 is 2.53 bits per heavy atom. The number of aromatic nitrogens is 2. The van der Waals surface area contributed by atoms with E-state index in [0.29, 0.717) is 5.92 Å². The van der Waals surface area contributed by atoms with Gasteiger partial charge in [-0.2, -0.15) is 4.98 Å². The molecule has 0 amide bonds. The van der Waals surface area contributed by atoms with Gasteiger partial charge < -0.3 is 10.1 Å². The van der Waals surface area contributed by atoms with Gasteiger partial charge in [-0.15, -0.1) is 0 Å². The molecular formula is C15H27N3O. The molecule has 0 radical (unpaired) electrons. The monoisotopic (exact) mass is 265 g/mol. The SMILES string of the molecule is CCCc1nc(NC)c(C)c(OCC(C)CCC)n1. The zero-order valence-corrected chi connectivity index (χ0v) is 12.9. The maximum Gasteiger partial charge on any atom is 0.221 e. The number of hydrogen-bond donors (Lipinski definition) is 1. The van der Waals surface area contributed by atoms with Gasteiger partial charge in [0.25, 0.3) is 0 Å². The van der Waals surface area contributed by atoms with E-state index >= 15 is 0 Å². The fourth-order valence-corrected chi connectivity index (χ4v) is 2.06. The van der Waals surface area contributed by atoms with Crippen LogP contribution in [0.3, 0.4) is 0 Å². The molecule has 0 saturated heterocycles. The summed E-state index contributed by atoms with van der Waals surface area (Å²) in [5.74, 6) is 3.02. The second-order valence-corrected chi connectivity index (χ2v) is 5.12. The quantitative estimate of drug-likeness (QED) is 0.780. The van der Waals surface area contributed by atoms with Gasteiger partial charge in [0.05, 0.1) is 12.2 Å². The lowest BCUT2D eigenvalue weighted by molar-refractivity contribution is 0.240. The van der Waals surface area contributed by atoms with Crippen LogP contribution in [0.15, 0.2) is 0 Å². The highest BCUT2D eigenvalue weighted by Gasteiger charge is 2.12. The molecule has 1 heterocycles. The molecule has 1 aromatic rings. The van der Waals surface area contributed by atoms with Crippen LogP contribution in [0.4, 0.5) is 5.82 Å². The molecule has 1 aromatic heterocycles. The summed E-state index contributed by atoms with van der Waals surface area (Å²) in [6.45, 7) is 9.27. The first kappa shape index (κ1) is 15.7. The Morgan fingerprint density at radius 1 is 1.21 bits per heavy atom. The predicted octanol–water partition coefficient (Wildman–Crippen LogP) is 3.59. The Morgan fingerprint density at radius 2 is 1.95 bits per heavy atom. The van der Waals surface area contributed by atoms with Gasteiger partial charge in [0.1, 0.15) is 11.6 Å². The van der Waals surface area contributed by atoms with Crippen LogP contribution in [0.1, 0.15) is 51.4 Å². The second-order valence-electron chi connectivity index (χ2n) is 5.12. The zero-order valence-electron chi connectivity index (χ0n) is 12.9. The number of rotatable bonds is 8. The summed E-state index contributed by atoms with van der Waals surface area (Å²) in [7, 11) is 1.88. The number of hydrogen-bond acceptors (Lipinski definition) is 4. The van der Waals surface area contributed by atoms with Gasteiger partial charge in [-0.1, -0.05) is 27.2 Å². The topological polar surface area (TPSA) is 47.0 Å². The van der Waals surface area contributed by atoms with Gasteiger partial charge in [0.2, 0.25) is 5.88 Å². The van der Waals surface area contributed by atoms with Gasteiger partial charge in [-0.25, -0.2) is 4.98 Å². The normalized spacial score (nSPS) is 12.3. The lowest BCUT2D eigenvalue weighted by Gasteiger charge is -2.15. The molecule has 0 spiro atoms. The molecule has 0 bridgehead atoms. The first-order chi connectivity index (χ1) is 9.12. The molecule has 1 atom stereocenters. The molecule has 0 aliphatic carbocycles. The number of nitrogens with zero attached hydrogens (tertiary/aromatic N) is 2. The van der Waals surface area contributed by atoms with Crippen LogP contribution in [-0.4, -0.2) is 23.6 Å². The highest BCUT2D eigenvalue weighted by atomic mass is 16.5. The van der Waals surface area contributed by atoms with Gasteiger partial charge in [-0.3, -0.25) is 0 Å². The number of nitrogens with one attached hydrogen (secondary N) is 1. The fourth-order valence-electron chi connectivity index (χ4n) is 2.06. The standard InChI is InChI=1S/C15H27N3O/c1-6-8-11(3)10-19-15-12(4)14(16-5)17-13(18-15)9-7-2/h11H,6-10H2,1-5H3,(H,16,17,18). The Labute approximate surface area is 117 Å². The van der Waals surface area contributed by atoms with E-state index in [4.69, 9.17) is 4.74 Å². The van der Waals surface area contributed by atoms with E-state index < -0.39 is 0 Å². The van der Waals surface area contributed by atoms with Crippen molar-refractivity contribution in [1.29, 1.82) is 0 Å². The molecule has 0 saturated carbocycles. The Hall–Kier alpha value is -1.32. The minimum atomic E-state index is 0.562. The molecule has 1 rings (SSSR count). The van der Waals surface area contributed by atoms with Crippen molar-refractivity contribution in [3.63, 3.8) is 0 Å². The van der Waals surface area contributed by atoms with Gasteiger partial charge >= 0.3 is 0 Å². The summed E-state index contributed by atoms with van der Waals surface area (Å²) in [5.41, 5.74) is 0.992. The molecule has 0 aromatic carbocycles. The molecule has 4 nitrogen and oxygen atoms in total. The minimum Gasteiger partial charge on any atom is -0.477 e. The molecule has 1 unspecified atom stereocenters. The number of aryl methyl sites for hydroxylation is 1. The van der Waals surface area contributed by atoms with Crippen LogP contribution in [0.5, 0.6) is 5.88 Å². The highest BCUT2D eigenvalue weighted by Crippen LogP contribution is 2.23. The lowest BCUT2D eigenvalue weighted by Crippen LogP contribution is -2.12. The number of ether oxygens (including phenoxy) is 1. The largest absolute Gasteiger partial charge is 0.477 e. The van der Waals surface area contributed by atoms with Crippen LogP contribution in [-0.2, 0) is 6.42 Å². The van der Waals surface area contributed by atoms with E-state index in [1.165, 1.54) is 12.8 Å². The molecular weight excluding hydrogens is 238 g/mol. The lowest BCUT2D eigenvalue weighted by atomic mass is 10.1. The molecule has 0 aliphatic heterocycles. The third kappa shape index (κ3) is 4.69. The molecule has 108 valence electrons. The average molecular weight is 265 g/mol. The zero-order chi connectivity index (χ0) is 14.3. The Bertz CT molecular complexity index is 393. The minimum absolute atomic E-state index is 0.562. The second kappa shape index (κ2) is 7.97. The van der Waals surface area contributed by atoms with Crippen molar-refractivity contribution in [2.75, 3.05) is 19.0 Å². The van der Waals surface area contributed by atoms with Gasteiger partial charge in [-0.05, 0) is 25.7 Å². The van der Waals surface area contributed by atoms with E-state index in [1.54, 1.807) is 0 Å². The van der Waals surface area contributed by atoms with Crippen molar-refractivity contribution < 1.29 is 4.74 Å². The van der Waals surface area contributed by atoms with Crippen LogP contribution in [0.2, 0.25) is 0 Å². The summed E-state index contributed by atoms with van der Waals surface area (Å²) >= 11 is 0. The highest BCUT2D eigenvalue weighted by molar-refractivity contribution is 5.48. The summed E-state index contributed by atoms with van der Waals surface area (Å²) in [6, 6.07) is 0. The third-order valence-electron chi connectivity index (χ3n) is 3.14. The third-order valence-corrected chi connectivity index (χ3v) is 3.14. The Kier molecular flexibility index (Phi) is 6.60.